The number of pyridine rings is 1. The molecule has 0 spiro atoms. The maximum absolute atomic E-state index is 12.9. The van der Waals surface area contributed by atoms with Crippen molar-refractivity contribution in [2.45, 2.75) is 23.6 Å². The Morgan fingerprint density at radius 2 is 1.94 bits per heavy atom. The highest BCUT2D eigenvalue weighted by molar-refractivity contribution is 8.00. The first kappa shape index (κ1) is 23.7. The number of amides is 1. The Hall–Kier alpha value is -3.92. The minimum atomic E-state index is -0.730. The second-order valence-electron chi connectivity index (χ2n) is 6.70. The standard InChI is InChI=1S/C23H21N3O6S/c1-3-20(21(27)25-18-11-4-5-12-19(18)31-2)33-22-17(10-7-13-24-22)23(28)32-16-9-6-8-15(14-16)26(29)30/h4-14,20H,3H2,1-2H3,(H,25,27)/t20-/m1/s1. The van der Waals surface area contributed by atoms with Crippen molar-refractivity contribution in [2.24, 2.45) is 0 Å². The fourth-order valence-corrected chi connectivity index (χ4v) is 3.88. The minimum Gasteiger partial charge on any atom is -0.495 e. The number of carbonyl (C=O) groups is 2. The molecule has 170 valence electrons. The summed E-state index contributed by atoms with van der Waals surface area (Å²) in [5.41, 5.74) is 0.494. The fourth-order valence-electron chi connectivity index (χ4n) is 2.88. The summed E-state index contributed by atoms with van der Waals surface area (Å²) < 4.78 is 10.6. The van der Waals surface area contributed by atoms with Gasteiger partial charge < -0.3 is 14.8 Å². The van der Waals surface area contributed by atoms with E-state index < -0.39 is 16.1 Å². The highest BCUT2D eigenvalue weighted by Crippen LogP contribution is 2.30. The summed E-state index contributed by atoms with van der Waals surface area (Å²) >= 11 is 1.13. The molecule has 1 heterocycles. The van der Waals surface area contributed by atoms with E-state index in [0.29, 0.717) is 22.9 Å². The number of carbonyl (C=O) groups excluding carboxylic acids is 2. The molecule has 1 aromatic heterocycles. The molecule has 0 saturated carbocycles. The molecule has 9 nitrogen and oxygen atoms in total. The summed E-state index contributed by atoms with van der Waals surface area (Å²) in [6, 6.07) is 15.5. The maximum Gasteiger partial charge on any atom is 0.346 e. The van der Waals surface area contributed by atoms with Crippen LogP contribution in [0.2, 0.25) is 0 Å². The molecule has 0 fully saturated rings. The van der Waals surface area contributed by atoms with Gasteiger partial charge >= 0.3 is 5.97 Å². The number of nitro benzene ring substituents is 1. The van der Waals surface area contributed by atoms with E-state index in [1.165, 1.54) is 37.6 Å². The van der Waals surface area contributed by atoms with Gasteiger partial charge in [-0.2, -0.15) is 0 Å². The van der Waals surface area contributed by atoms with Crippen molar-refractivity contribution in [1.82, 2.24) is 4.98 Å². The number of para-hydroxylation sites is 2. The third-order valence-electron chi connectivity index (χ3n) is 4.51. The molecule has 1 atom stereocenters. The summed E-state index contributed by atoms with van der Waals surface area (Å²) in [4.78, 5) is 40.3. The molecule has 0 aliphatic rings. The second kappa shape index (κ2) is 11.1. The number of aromatic nitrogens is 1. The normalized spacial score (nSPS) is 11.3. The number of ether oxygens (including phenoxy) is 2. The van der Waals surface area contributed by atoms with Crippen LogP contribution in [0.15, 0.2) is 71.9 Å². The fraction of sp³-hybridized carbons (Fsp3) is 0.174. The smallest absolute Gasteiger partial charge is 0.346 e. The first-order valence-corrected chi connectivity index (χ1v) is 10.8. The maximum atomic E-state index is 12.9. The van der Waals surface area contributed by atoms with Gasteiger partial charge in [-0.25, -0.2) is 9.78 Å². The highest BCUT2D eigenvalue weighted by atomic mass is 32.2. The van der Waals surface area contributed by atoms with Crippen molar-refractivity contribution in [1.29, 1.82) is 0 Å². The lowest BCUT2D eigenvalue weighted by Crippen LogP contribution is -2.25. The number of methoxy groups -OCH3 is 1. The molecule has 33 heavy (non-hydrogen) atoms. The monoisotopic (exact) mass is 467 g/mol. The van der Waals surface area contributed by atoms with Gasteiger partial charge in [0.25, 0.3) is 5.69 Å². The van der Waals surface area contributed by atoms with Crippen molar-refractivity contribution in [3.05, 3.63) is 82.5 Å². The molecule has 0 radical (unpaired) electrons. The highest BCUT2D eigenvalue weighted by Gasteiger charge is 2.24. The number of rotatable bonds is 9. The number of nitrogens with zero attached hydrogens (tertiary/aromatic N) is 2. The molecule has 10 heteroatoms. The Morgan fingerprint density at radius 1 is 1.15 bits per heavy atom. The molecule has 1 amide bonds. The van der Waals surface area contributed by atoms with Crippen LogP contribution in [-0.4, -0.2) is 34.1 Å². The molecule has 2 aromatic carbocycles. The predicted octanol–water partition coefficient (Wildman–Crippen LogP) is 4.73. The summed E-state index contributed by atoms with van der Waals surface area (Å²) in [6.07, 6.45) is 1.99. The zero-order valence-electron chi connectivity index (χ0n) is 17.9. The van der Waals surface area contributed by atoms with Crippen molar-refractivity contribution in [3.63, 3.8) is 0 Å². The van der Waals surface area contributed by atoms with E-state index in [2.05, 4.69) is 10.3 Å². The van der Waals surface area contributed by atoms with Crippen LogP contribution in [0.5, 0.6) is 11.5 Å². The zero-order chi connectivity index (χ0) is 23.8. The number of benzene rings is 2. The van der Waals surface area contributed by atoms with E-state index >= 15 is 0 Å². The van der Waals surface area contributed by atoms with Gasteiger partial charge in [-0.15, -0.1) is 0 Å². The molecule has 3 aromatic rings. The number of hydrogen-bond donors (Lipinski definition) is 1. The topological polar surface area (TPSA) is 121 Å². The largest absolute Gasteiger partial charge is 0.495 e. The van der Waals surface area contributed by atoms with Gasteiger partial charge in [0.05, 0.1) is 34.6 Å². The first-order chi connectivity index (χ1) is 15.9. The Bertz CT molecular complexity index is 1170. The molecular weight excluding hydrogens is 446 g/mol. The number of nitro groups is 1. The van der Waals surface area contributed by atoms with Crippen LogP contribution < -0.4 is 14.8 Å². The Kier molecular flexibility index (Phi) is 7.98. The van der Waals surface area contributed by atoms with E-state index in [-0.39, 0.29) is 22.9 Å². The van der Waals surface area contributed by atoms with Gasteiger partial charge in [0, 0.05) is 12.3 Å². The average Bonchev–Trinajstić information content (AvgIpc) is 2.83. The third-order valence-corrected chi connectivity index (χ3v) is 5.89. The Labute approximate surface area is 194 Å². The van der Waals surface area contributed by atoms with Crippen LogP contribution in [0.1, 0.15) is 23.7 Å². The van der Waals surface area contributed by atoms with Gasteiger partial charge in [-0.3, -0.25) is 14.9 Å². The third kappa shape index (κ3) is 6.07. The number of thioether (sulfide) groups is 1. The molecule has 1 N–H and O–H groups in total. The number of hydrogen-bond acceptors (Lipinski definition) is 8. The predicted molar refractivity (Wildman–Crippen MR) is 124 cm³/mol. The van der Waals surface area contributed by atoms with Crippen molar-refractivity contribution < 1.29 is 24.0 Å². The molecule has 0 unspecified atom stereocenters. The second-order valence-corrected chi connectivity index (χ2v) is 7.90. The summed E-state index contributed by atoms with van der Waals surface area (Å²) in [5, 5.41) is 13.6. The van der Waals surface area contributed by atoms with Crippen LogP contribution in [0.4, 0.5) is 11.4 Å². The first-order valence-electron chi connectivity index (χ1n) is 9.95. The number of non-ortho nitro benzene ring substituents is 1. The van der Waals surface area contributed by atoms with E-state index in [4.69, 9.17) is 9.47 Å². The summed E-state index contributed by atoms with van der Waals surface area (Å²) in [5.74, 6) is -0.429. The van der Waals surface area contributed by atoms with Gasteiger partial charge in [-0.1, -0.05) is 36.9 Å². The SMILES string of the molecule is CC[C@@H](Sc1ncccc1C(=O)Oc1cccc([N+](=O)[O-])c1)C(=O)Nc1ccccc1OC. The van der Waals surface area contributed by atoms with E-state index in [0.717, 1.165) is 17.8 Å². The lowest BCUT2D eigenvalue weighted by atomic mass is 10.2. The van der Waals surface area contributed by atoms with Gasteiger partial charge in [-0.05, 0) is 36.8 Å². The van der Waals surface area contributed by atoms with Crippen LogP contribution in [-0.2, 0) is 4.79 Å². The van der Waals surface area contributed by atoms with E-state index in [1.807, 2.05) is 6.92 Å². The number of anilines is 1. The summed E-state index contributed by atoms with van der Waals surface area (Å²) in [7, 11) is 1.52. The number of esters is 1. The lowest BCUT2D eigenvalue weighted by molar-refractivity contribution is -0.384. The average molecular weight is 468 g/mol. The van der Waals surface area contributed by atoms with E-state index in [1.54, 1.807) is 30.3 Å². The molecule has 3 rings (SSSR count). The number of nitrogens with one attached hydrogen (secondary N) is 1. The summed E-state index contributed by atoms with van der Waals surface area (Å²) in [6.45, 7) is 1.85. The van der Waals surface area contributed by atoms with Gasteiger partial charge in [0.2, 0.25) is 5.91 Å². The Balaban J connectivity index is 1.77. The van der Waals surface area contributed by atoms with Crippen LogP contribution in [0.3, 0.4) is 0 Å². The van der Waals surface area contributed by atoms with Crippen molar-refractivity contribution in [2.75, 3.05) is 12.4 Å². The lowest BCUT2D eigenvalue weighted by Gasteiger charge is -2.17. The molecule has 0 saturated heterocycles. The molecule has 0 aliphatic heterocycles. The van der Waals surface area contributed by atoms with Crippen LogP contribution in [0.25, 0.3) is 0 Å². The van der Waals surface area contributed by atoms with Gasteiger partial charge in [0.15, 0.2) is 0 Å². The molecule has 0 aliphatic carbocycles. The minimum absolute atomic E-state index is 0.0370. The van der Waals surface area contributed by atoms with Crippen LogP contribution in [0, 0.1) is 10.1 Å². The van der Waals surface area contributed by atoms with Crippen molar-refractivity contribution in [3.8, 4) is 11.5 Å². The molecule has 0 bridgehead atoms. The van der Waals surface area contributed by atoms with Crippen LogP contribution >= 0.6 is 11.8 Å². The van der Waals surface area contributed by atoms with Gasteiger partial charge in [0.1, 0.15) is 16.5 Å². The Morgan fingerprint density at radius 3 is 2.67 bits per heavy atom. The van der Waals surface area contributed by atoms with E-state index in [9.17, 15) is 19.7 Å². The van der Waals surface area contributed by atoms with Crippen molar-refractivity contribution >= 4 is 35.0 Å². The zero-order valence-corrected chi connectivity index (χ0v) is 18.7. The molecular formula is C23H21N3O6S. The quantitative estimate of drug-likeness (QED) is 0.158.